The minimum Gasteiger partial charge on any atom is -0.464 e. The number of hydrogen-bond donors (Lipinski definition) is 2. The number of carbonyl (C=O) groups excluding carboxylic acids is 5. The Kier molecular flexibility index (Phi) is 17.0. The molecule has 0 radical (unpaired) electrons. The van der Waals surface area contributed by atoms with Gasteiger partial charge < -0.3 is 38.8 Å². The second kappa shape index (κ2) is 22.8. The molecule has 0 saturated carbocycles. The summed E-state index contributed by atoms with van der Waals surface area (Å²) in [7, 11) is 4.59. The number of amides is 5. The van der Waals surface area contributed by atoms with Crippen LogP contribution in [0.15, 0.2) is 67.4 Å². The lowest BCUT2D eigenvalue weighted by Crippen LogP contribution is -2.62. The molecule has 2 N–H and O–H groups in total. The molecule has 4 aromatic rings. The standard InChI is InChI=1S/C53H68F3N9O8/c1-10-44(66)63(24-25-71-8)36-20-23-62(29-36)51(70)61(7)46(32(2)3)48(67)59-42-27-35-14-11-16-40(58-35)34-18-19-43-38(26-34)39(28-52(5,6)31-73-50(69)41-17-13-22-65(60-41)49(42)68)47(64(43)30-53(54,55)56)37-15-12-21-57-45(37)33(4)72-9/h10-12,14-16,18-19,21,26,32-33,36,41-42,46,60H,1,13,17,20,22-25,27-31H2,2-9H3,(H,59,67)/t33-,36-,41-,42-,46-/m0/s1. The third-order valence-corrected chi connectivity index (χ3v) is 14.0. The Morgan fingerprint density at radius 3 is 2.53 bits per heavy atom. The van der Waals surface area contributed by atoms with Crippen molar-refractivity contribution in [1.29, 1.82) is 0 Å². The lowest BCUT2D eigenvalue weighted by atomic mass is 9.84. The lowest BCUT2D eigenvalue weighted by Gasteiger charge is -2.37. The molecule has 5 atom stereocenters. The van der Waals surface area contributed by atoms with Crippen molar-refractivity contribution < 1.29 is 51.4 Å². The lowest BCUT2D eigenvalue weighted by molar-refractivity contribution is -0.155. The van der Waals surface area contributed by atoms with Crippen molar-refractivity contribution in [3.63, 3.8) is 0 Å². The minimum absolute atomic E-state index is 0.105. The summed E-state index contributed by atoms with van der Waals surface area (Å²) >= 11 is 0. The number of pyridine rings is 2. The first-order valence-corrected chi connectivity index (χ1v) is 24.8. The zero-order valence-corrected chi connectivity index (χ0v) is 43.0. The Labute approximate surface area is 424 Å². The second-order valence-corrected chi connectivity index (χ2v) is 20.3. The van der Waals surface area contributed by atoms with E-state index in [1.54, 1.807) is 86.3 Å². The Morgan fingerprint density at radius 1 is 1.07 bits per heavy atom. The van der Waals surface area contributed by atoms with Crippen molar-refractivity contribution in [3.8, 4) is 22.5 Å². The van der Waals surface area contributed by atoms with Gasteiger partial charge in [0.2, 0.25) is 11.8 Å². The molecule has 5 amide bonds. The van der Waals surface area contributed by atoms with Crippen LogP contribution in [-0.4, -0.2) is 155 Å². The van der Waals surface area contributed by atoms with Gasteiger partial charge in [-0.05, 0) is 86.6 Å². The highest BCUT2D eigenvalue weighted by Gasteiger charge is 2.41. The van der Waals surface area contributed by atoms with E-state index in [0.717, 1.165) is 0 Å². The molecule has 6 bridgehead atoms. The van der Waals surface area contributed by atoms with Gasteiger partial charge in [-0.25, -0.2) is 10.2 Å². The number of fused-ring (bicyclic) bond motifs is 6. The van der Waals surface area contributed by atoms with Crippen LogP contribution in [0.25, 0.3) is 33.4 Å². The number of nitrogens with zero attached hydrogens (tertiary/aromatic N) is 7. The normalized spacial score (nSPS) is 20.3. The highest BCUT2D eigenvalue weighted by atomic mass is 19.4. The summed E-state index contributed by atoms with van der Waals surface area (Å²) in [4.78, 5) is 84.5. The second-order valence-electron chi connectivity index (χ2n) is 20.3. The molecule has 0 spiro atoms. The van der Waals surface area contributed by atoms with Gasteiger partial charge in [-0.1, -0.05) is 46.4 Å². The van der Waals surface area contributed by atoms with Gasteiger partial charge in [0.15, 0.2) is 0 Å². The quantitative estimate of drug-likeness (QED) is 0.110. The average Bonchev–Trinajstić information content (AvgIpc) is 3.96. The van der Waals surface area contributed by atoms with E-state index in [0.29, 0.717) is 89.3 Å². The minimum atomic E-state index is -4.61. The van der Waals surface area contributed by atoms with Gasteiger partial charge in [0.25, 0.3) is 5.91 Å². The highest BCUT2D eigenvalue weighted by Crippen LogP contribution is 2.43. The smallest absolute Gasteiger partial charge is 0.406 e. The molecule has 394 valence electrons. The predicted molar refractivity (Wildman–Crippen MR) is 267 cm³/mol. The van der Waals surface area contributed by atoms with Gasteiger partial charge >= 0.3 is 18.2 Å². The van der Waals surface area contributed by atoms with Gasteiger partial charge in [0.05, 0.1) is 42.4 Å². The fourth-order valence-corrected chi connectivity index (χ4v) is 10.3. The highest BCUT2D eigenvalue weighted by molar-refractivity contribution is 5.96. The number of cyclic esters (lactones) is 1. The molecule has 20 heteroatoms. The maximum absolute atomic E-state index is 14.8. The first-order valence-electron chi connectivity index (χ1n) is 24.8. The predicted octanol–water partition coefficient (Wildman–Crippen LogP) is 6.50. The molecule has 3 aliphatic rings. The van der Waals surface area contributed by atoms with Gasteiger partial charge in [-0.2, -0.15) is 13.2 Å². The van der Waals surface area contributed by atoms with Crippen molar-refractivity contribution in [2.75, 3.05) is 60.7 Å². The summed E-state index contributed by atoms with van der Waals surface area (Å²) in [5, 5.41) is 4.81. The molecule has 6 heterocycles. The van der Waals surface area contributed by atoms with E-state index < -0.39 is 72.1 Å². The monoisotopic (exact) mass is 1020 g/mol. The van der Waals surface area contributed by atoms with Crippen LogP contribution in [0.4, 0.5) is 18.0 Å². The summed E-state index contributed by atoms with van der Waals surface area (Å²) < 4.78 is 62.3. The summed E-state index contributed by atoms with van der Waals surface area (Å²) in [5.41, 5.74) is 5.85. The first kappa shape index (κ1) is 54.4. The number of halogens is 3. The van der Waals surface area contributed by atoms with Crippen molar-refractivity contribution >= 4 is 40.6 Å². The van der Waals surface area contributed by atoms with Crippen molar-refractivity contribution in [1.82, 2.24) is 45.0 Å². The number of likely N-dealkylation sites (tertiary alicyclic amines) is 1. The summed E-state index contributed by atoms with van der Waals surface area (Å²) in [6.07, 6.45) is -1.00. The molecule has 3 aromatic heterocycles. The number of rotatable bonds is 13. The number of hydrogen-bond acceptors (Lipinski definition) is 11. The summed E-state index contributed by atoms with van der Waals surface area (Å²) in [5.74, 6) is -2.44. The number of aromatic nitrogens is 3. The number of esters is 1. The average molecular weight is 1020 g/mol. The van der Waals surface area contributed by atoms with Crippen LogP contribution in [-0.2, 0) is 52.8 Å². The molecule has 1 aromatic carbocycles. The van der Waals surface area contributed by atoms with E-state index in [4.69, 9.17) is 19.2 Å². The molecule has 0 unspecified atom stereocenters. The van der Waals surface area contributed by atoms with E-state index in [9.17, 15) is 37.1 Å². The fraction of sp³-hybridized carbons (Fsp3) is 0.528. The van der Waals surface area contributed by atoms with E-state index in [1.165, 1.54) is 34.7 Å². The molecule has 3 aliphatic heterocycles. The van der Waals surface area contributed by atoms with Gasteiger partial charge in [0.1, 0.15) is 24.7 Å². The number of hydrazine groups is 1. The zero-order chi connectivity index (χ0) is 52.9. The molecule has 7 rings (SSSR count). The maximum atomic E-state index is 14.8. The first-order chi connectivity index (χ1) is 34.6. The fourth-order valence-electron chi connectivity index (χ4n) is 10.3. The van der Waals surface area contributed by atoms with Gasteiger partial charge in [0, 0.05) is 93.2 Å². The molecule has 0 aliphatic carbocycles. The summed E-state index contributed by atoms with van der Waals surface area (Å²) in [6.45, 7) is 12.8. The van der Waals surface area contributed by atoms with Crippen LogP contribution in [0.5, 0.6) is 0 Å². The Bertz CT molecular complexity index is 2690. The Morgan fingerprint density at radius 2 is 1.84 bits per heavy atom. The van der Waals surface area contributed by atoms with Crippen LogP contribution >= 0.6 is 0 Å². The molecular weight excluding hydrogens is 948 g/mol. The van der Waals surface area contributed by atoms with Crippen LogP contribution in [0, 0.1) is 11.3 Å². The Balaban J connectivity index is 1.28. The molecule has 17 nitrogen and oxygen atoms in total. The van der Waals surface area contributed by atoms with E-state index >= 15 is 0 Å². The number of urea groups is 1. The van der Waals surface area contributed by atoms with Crippen molar-refractivity contribution in [2.45, 2.75) is 110 Å². The number of nitrogens with one attached hydrogen (secondary N) is 2. The third kappa shape index (κ3) is 12.4. The number of ether oxygens (including phenoxy) is 3. The number of methoxy groups -OCH3 is 2. The van der Waals surface area contributed by atoms with E-state index in [1.807, 2.05) is 19.9 Å². The topological polar surface area (TPSA) is 181 Å². The molecule has 73 heavy (non-hydrogen) atoms. The Hall–Kier alpha value is -6.38. The molecular formula is C53H68F3N9O8. The molecule has 2 saturated heterocycles. The maximum Gasteiger partial charge on any atom is 0.406 e. The van der Waals surface area contributed by atoms with Crippen molar-refractivity contribution in [3.05, 3.63) is 84.3 Å². The number of alkyl halides is 3. The van der Waals surface area contributed by atoms with E-state index in [-0.39, 0.29) is 44.5 Å². The van der Waals surface area contributed by atoms with Crippen LogP contribution in [0.1, 0.15) is 76.9 Å². The zero-order valence-electron chi connectivity index (χ0n) is 43.0. The summed E-state index contributed by atoms with van der Waals surface area (Å²) in [6, 6.07) is 9.92. The van der Waals surface area contributed by atoms with Gasteiger partial charge in [-0.3, -0.25) is 34.2 Å². The van der Waals surface area contributed by atoms with E-state index in [2.05, 4.69) is 22.3 Å². The largest absolute Gasteiger partial charge is 0.464 e. The van der Waals surface area contributed by atoms with Crippen molar-refractivity contribution in [2.24, 2.45) is 11.3 Å². The third-order valence-electron chi connectivity index (χ3n) is 14.0. The van der Waals surface area contributed by atoms with Crippen LogP contribution < -0.4 is 10.7 Å². The number of carbonyl (C=O) groups is 5. The number of benzene rings is 1. The van der Waals surface area contributed by atoms with Crippen LogP contribution in [0.2, 0.25) is 0 Å². The van der Waals surface area contributed by atoms with Crippen LogP contribution in [0.3, 0.4) is 0 Å². The number of likely N-dealkylation sites (N-methyl/N-ethyl adjacent to an activating group) is 1. The SMILES string of the molecule is C=CC(=O)N(CCOC)[C@H]1CCN(C(=O)N(C)[C@H](C(=O)N[C@H]2Cc3cccc(n3)-c3ccc4c(c3)c(c(-c3cccnc3[C@H](C)OC)n4CC(F)(F)F)CC(C)(C)COC(=O)[C@@H]3CCCN(N3)C2=O)C(C)C)C1. The molecule has 2 fully saturated rings. The van der Waals surface area contributed by atoms with Gasteiger partial charge in [-0.15, -0.1) is 0 Å².